The van der Waals surface area contributed by atoms with Crippen LogP contribution in [0.1, 0.15) is 42.8 Å². The molecule has 4 heteroatoms. The van der Waals surface area contributed by atoms with Crippen molar-refractivity contribution in [2.24, 2.45) is 0 Å². The van der Waals surface area contributed by atoms with Gasteiger partial charge in [0.2, 0.25) is 0 Å². The molecule has 0 aliphatic rings. The normalized spacial score (nSPS) is 14.3. The summed E-state index contributed by atoms with van der Waals surface area (Å²) in [6.07, 6.45) is 1.03. The Hall–Kier alpha value is -0.710. The Bertz CT molecular complexity index is 527. The van der Waals surface area contributed by atoms with Gasteiger partial charge in [0.15, 0.2) is 0 Å². The van der Waals surface area contributed by atoms with Gasteiger partial charge in [0.1, 0.15) is 5.82 Å². The molecule has 1 aromatic carbocycles. The van der Waals surface area contributed by atoms with E-state index in [1.807, 2.05) is 12.1 Å². The highest BCUT2D eigenvalue weighted by molar-refractivity contribution is 9.10. The molecule has 1 heterocycles. The maximum Gasteiger partial charge on any atom is 0.137 e. The first-order chi connectivity index (χ1) is 9.11. The largest absolute Gasteiger partial charge is 0.303 e. The van der Waals surface area contributed by atoms with Gasteiger partial charge in [0, 0.05) is 17.0 Å². The van der Waals surface area contributed by atoms with Crippen molar-refractivity contribution in [1.82, 2.24) is 5.32 Å². The number of halogens is 2. The first kappa shape index (κ1) is 14.7. The molecule has 0 saturated carbocycles. The van der Waals surface area contributed by atoms with E-state index >= 15 is 0 Å². The molecule has 102 valence electrons. The lowest BCUT2D eigenvalue weighted by Gasteiger charge is -2.22. The Balaban J connectivity index is 2.11. The van der Waals surface area contributed by atoms with Gasteiger partial charge in [-0.3, -0.25) is 0 Å². The SMILES string of the molecule is CCC(NC(C)c1ccc(F)c(Br)c1)c1cccs1. The summed E-state index contributed by atoms with van der Waals surface area (Å²) in [7, 11) is 0. The maximum absolute atomic E-state index is 13.2. The van der Waals surface area contributed by atoms with E-state index in [4.69, 9.17) is 0 Å². The number of hydrogen-bond donors (Lipinski definition) is 1. The minimum Gasteiger partial charge on any atom is -0.303 e. The topological polar surface area (TPSA) is 12.0 Å². The van der Waals surface area contributed by atoms with Crippen molar-refractivity contribution in [2.45, 2.75) is 32.4 Å². The van der Waals surface area contributed by atoms with Gasteiger partial charge >= 0.3 is 0 Å². The summed E-state index contributed by atoms with van der Waals surface area (Å²) in [6, 6.07) is 9.93. The molecule has 19 heavy (non-hydrogen) atoms. The van der Waals surface area contributed by atoms with Crippen LogP contribution in [-0.2, 0) is 0 Å². The van der Waals surface area contributed by atoms with Crippen molar-refractivity contribution in [2.75, 3.05) is 0 Å². The highest BCUT2D eigenvalue weighted by atomic mass is 79.9. The summed E-state index contributed by atoms with van der Waals surface area (Å²) in [5.41, 5.74) is 1.09. The van der Waals surface area contributed by atoms with Gasteiger partial charge in [0.05, 0.1) is 4.47 Å². The lowest BCUT2D eigenvalue weighted by molar-refractivity contribution is 0.461. The summed E-state index contributed by atoms with van der Waals surface area (Å²) >= 11 is 5.00. The minimum absolute atomic E-state index is 0.184. The van der Waals surface area contributed by atoms with Crippen LogP contribution in [0, 0.1) is 5.82 Å². The average Bonchev–Trinajstić information content (AvgIpc) is 2.92. The van der Waals surface area contributed by atoms with Crippen molar-refractivity contribution in [3.05, 3.63) is 56.4 Å². The fourth-order valence-corrected chi connectivity index (χ4v) is 3.34. The van der Waals surface area contributed by atoms with E-state index in [9.17, 15) is 4.39 Å². The van der Waals surface area contributed by atoms with Crippen molar-refractivity contribution >= 4 is 27.3 Å². The third-order valence-corrected chi connectivity index (χ3v) is 4.78. The van der Waals surface area contributed by atoms with Gasteiger partial charge < -0.3 is 5.32 Å². The summed E-state index contributed by atoms with van der Waals surface area (Å²) in [6.45, 7) is 4.28. The monoisotopic (exact) mass is 341 g/mol. The Labute approximate surface area is 126 Å². The molecule has 0 fully saturated rings. The molecular weight excluding hydrogens is 325 g/mol. The van der Waals surface area contributed by atoms with Crippen LogP contribution in [0.25, 0.3) is 0 Å². The molecule has 1 N–H and O–H groups in total. The molecule has 2 unspecified atom stereocenters. The summed E-state index contributed by atoms with van der Waals surface area (Å²) in [5, 5.41) is 5.70. The molecule has 0 amide bonds. The highest BCUT2D eigenvalue weighted by Crippen LogP contribution is 2.27. The molecular formula is C15H17BrFNS. The van der Waals surface area contributed by atoms with Crippen molar-refractivity contribution in [3.63, 3.8) is 0 Å². The van der Waals surface area contributed by atoms with E-state index in [1.54, 1.807) is 11.3 Å². The Morgan fingerprint density at radius 1 is 1.37 bits per heavy atom. The van der Waals surface area contributed by atoms with Gasteiger partial charge in [-0.05, 0) is 58.4 Å². The molecule has 1 aromatic heterocycles. The van der Waals surface area contributed by atoms with E-state index in [-0.39, 0.29) is 11.9 Å². The average molecular weight is 342 g/mol. The fourth-order valence-electron chi connectivity index (χ4n) is 2.07. The van der Waals surface area contributed by atoms with Crippen molar-refractivity contribution < 1.29 is 4.39 Å². The van der Waals surface area contributed by atoms with Crippen molar-refractivity contribution in [1.29, 1.82) is 0 Å². The smallest absolute Gasteiger partial charge is 0.137 e. The second kappa shape index (κ2) is 6.64. The Morgan fingerprint density at radius 3 is 2.74 bits per heavy atom. The van der Waals surface area contributed by atoms with Gasteiger partial charge in [-0.1, -0.05) is 19.1 Å². The standard InChI is InChI=1S/C15H17BrFNS/c1-3-14(15-5-4-8-19-15)18-10(2)11-6-7-13(17)12(16)9-11/h4-10,14,18H,3H2,1-2H3. The number of hydrogen-bond acceptors (Lipinski definition) is 2. The van der Waals surface area contributed by atoms with E-state index in [0.29, 0.717) is 10.5 Å². The minimum atomic E-state index is -0.221. The predicted molar refractivity (Wildman–Crippen MR) is 83.0 cm³/mol. The molecule has 0 bridgehead atoms. The number of thiophene rings is 1. The molecule has 0 aliphatic carbocycles. The van der Waals surface area contributed by atoms with Crippen LogP contribution in [0.5, 0.6) is 0 Å². The zero-order chi connectivity index (χ0) is 13.8. The van der Waals surface area contributed by atoms with Crippen LogP contribution in [0.2, 0.25) is 0 Å². The third kappa shape index (κ3) is 3.65. The first-order valence-electron chi connectivity index (χ1n) is 6.36. The second-order valence-electron chi connectivity index (χ2n) is 4.54. The van der Waals surface area contributed by atoms with Crippen LogP contribution in [0.4, 0.5) is 4.39 Å². The van der Waals surface area contributed by atoms with E-state index in [1.165, 1.54) is 10.9 Å². The molecule has 2 atom stereocenters. The van der Waals surface area contributed by atoms with E-state index in [2.05, 4.69) is 52.6 Å². The van der Waals surface area contributed by atoms with Gasteiger partial charge in [-0.15, -0.1) is 11.3 Å². The van der Waals surface area contributed by atoms with Gasteiger partial charge in [-0.2, -0.15) is 0 Å². The Kier molecular flexibility index (Phi) is 5.13. The lowest BCUT2D eigenvalue weighted by atomic mass is 10.1. The quantitative estimate of drug-likeness (QED) is 0.762. The molecule has 0 spiro atoms. The summed E-state index contributed by atoms with van der Waals surface area (Å²) < 4.78 is 13.8. The fraction of sp³-hybridized carbons (Fsp3) is 0.333. The predicted octanol–water partition coefficient (Wildman–Crippen LogP) is 5.45. The second-order valence-corrected chi connectivity index (χ2v) is 6.37. The molecule has 2 aromatic rings. The molecule has 1 nitrogen and oxygen atoms in total. The maximum atomic E-state index is 13.2. The van der Waals surface area contributed by atoms with Gasteiger partial charge in [-0.25, -0.2) is 4.39 Å². The molecule has 0 radical (unpaired) electrons. The number of benzene rings is 1. The summed E-state index contributed by atoms with van der Waals surface area (Å²) in [4.78, 5) is 1.34. The van der Waals surface area contributed by atoms with Crippen LogP contribution in [0.3, 0.4) is 0 Å². The number of nitrogens with one attached hydrogen (secondary N) is 1. The zero-order valence-electron chi connectivity index (χ0n) is 11.0. The zero-order valence-corrected chi connectivity index (χ0v) is 13.4. The highest BCUT2D eigenvalue weighted by Gasteiger charge is 2.15. The molecule has 0 aliphatic heterocycles. The molecule has 0 saturated heterocycles. The van der Waals surface area contributed by atoms with Crippen LogP contribution in [-0.4, -0.2) is 0 Å². The first-order valence-corrected chi connectivity index (χ1v) is 8.03. The number of rotatable bonds is 5. The van der Waals surface area contributed by atoms with Crippen LogP contribution >= 0.6 is 27.3 Å². The van der Waals surface area contributed by atoms with E-state index in [0.717, 1.165) is 12.0 Å². The van der Waals surface area contributed by atoms with E-state index < -0.39 is 0 Å². The lowest BCUT2D eigenvalue weighted by Crippen LogP contribution is -2.23. The molecule has 2 rings (SSSR count). The van der Waals surface area contributed by atoms with Gasteiger partial charge in [0.25, 0.3) is 0 Å². The third-order valence-electron chi connectivity index (χ3n) is 3.19. The van der Waals surface area contributed by atoms with Crippen molar-refractivity contribution in [3.8, 4) is 0 Å². The van der Waals surface area contributed by atoms with Crippen LogP contribution in [0.15, 0.2) is 40.2 Å². The summed E-state index contributed by atoms with van der Waals surface area (Å²) in [5.74, 6) is -0.221. The Morgan fingerprint density at radius 2 is 2.16 bits per heavy atom. The van der Waals surface area contributed by atoms with Crippen LogP contribution < -0.4 is 5.32 Å².